The Hall–Kier alpha value is -3.24. The van der Waals surface area contributed by atoms with Gasteiger partial charge in [0.1, 0.15) is 22.9 Å². The molecule has 3 heterocycles. The number of aliphatic hydroxyl groups is 1. The molecule has 1 amide bonds. The quantitative estimate of drug-likeness (QED) is 0.659. The van der Waals surface area contributed by atoms with Crippen LogP contribution in [0.2, 0.25) is 0 Å². The van der Waals surface area contributed by atoms with Crippen LogP contribution in [0.5, 0.6) is 11.5 Å². The molecule has 0 radical (unpaired) electrons. The monoisotopic (exact) mass is 432 g/mol. The highest BCUT2D eigenvalue weighted by molar-refractivity contribution is 5.95. The van der Waals surface area contributed by atoms with Gasteiger partial charge < -0.3 is 20.1 Å². The highest BCUT2D eigenvalue weighted by Gasteiger charge is 2.32. The smallest absolute Gasteiger partial charge is 0.433 e. The lowest BCUT2D eigenvalue weighted by Gasteiger charge is -2.32. The van der Waals surface area contributed by atoms with Crippen molar-refractivity contribution in [3.63, 3.8) is 0 Å². The SMILES string of the molecule is O=C(c1ccc2cc(Oc3ccc(C(F)(F)F)nc3)ccc2n1)N1CCN[C@@H](CO)C1. The molecule has 2 aromatic heterocycles. The minimum absolute atomic E-state index is 0.0494. The minimum atomic E-state index is -4.51. The summed E-state index contributed by atoms with van der Waals surface area (Å²) in [5.74, 6) is 0.366. The van der Waals surface area contributed by atoms with E-state index in [1.165, 1.54) is 6.07 Å². The fourth-order valence-corrected chi connectivity index (χ4v) is 3.32. The summed E-state index contributed by atoms with van der Waals surface area (Å²) in [6, 6.07) is 10.2. The number of hydrogen-bond acceptors (Lipinski definition) is 6. The summed E-state index contributed by atoms with van der Waals surface area (Å²) in [5.41, 5.74) is -0.112. The molecule has 31 heavy (non-hydrogen) atoms. The van der Waals surface area contributed by atoms with Crippen LogP contribution in [0.25, 0.3) is 10.9 Å². The molecule has 0 unspecified atom stereocenters. The van der Waals surface area contributed by atoms with Crippen molar-refractivity contribution in [2.24, 2.45) is 0 Å². The average Bonchev–Trinajstić information content (AvgIpc) is 2.78. The fourth-order valence-electron chi connectivity index (χ4n) is 3.32. The van der Waals surface area contributed by atoms with Crippen LogP contribution in [0.4, 0.5) is 13.2 Å². The van der Waals surface area contributed by atoms with Crippen LogP contribution < -0.4 is 10.1 Å². The minimum Gasteiger partial charge on any atom is -0.456 e. The molecular weight excluding hydrogens is 413 g/mol. The number of alkyl halides is 3. The lowest BCUT2D eigenvalue weighted by Crippen LogP contribution is -2.54. The number of rotatable bonds is 4. The number of amides is 1. The fraction of sp³-hybridized carbons (Fsp3) is 0.286. The molecule has 162 valence electrons. The van der Waals surface area contributed by atoms with Crippen molar-refractivity contribution >= 4 is 16.8 Å². The van der Waals surface area contributed by atoms with E-state index in [1.54, 1.807) is 35.2 Å². The Morgan fingerprint density at radius 2 is 2.00 bits per heavy atom. The summed E-state index contributed by atoms with van der Waals surface area (Å²) in [5, 5.41) is 13.1. The molecule has 0 bridgehead atoms. The van der Waals surface area contributed by atoms with Gasteiger partial charge in [-0.15, -0.1) is 0 Å². The van der Waals surface area contributed by atoms with Crippen molar-refractivity contribution < 1.29 is 27.8 Å². The number of nitrogens with zero attached hydrogens (tertiary/aromatic N) is 3. The van der Waals surface area contributed by atoms with E-state index in [0.717, 1.165) is 12.3 Å². The van der Waals surface area contributed by atoms with Gasteiger partial charge in [0.25, 0.3) is 5.91 Å². The maximum absolute atomic E-state index is 12.8. The van der Waals surface area contributed by atoms with Gasteiger partial charge in [-0.1, -0.05) is 6.07 Å². The van der Waals surface area contributed by atoms with Crippen molar-refractivity contribution in [1.82, 2.24) is 20.2 Å². The summed E-state index contributed by atoms with van der Waals surface area (Å²) >= 11 is 0. The van der Waals surface area contributed by atoms with Crippen molar-refractivity contribution in [3.05, 3.63) is 60.0 Å². The van der Waals surface area contributed by atoms with Crippen LogP contribution in [-0.4, -0.2) is 58.2 Å². The maximum Gasteiger partial charge on any atom is 0.433 e. The zero-order chi connectivity index (χ0) is 22.0. The Morgan fingerprint density at radius 1 is 1.19 bits per heavy atom. The molecule has 1 atom stereocenters. The van der Waals surface area contributed by atoms with Gasteiger partial charge in [-0.25, -0.2) is 9.97 Å². The Kier molecular flexibility index (Phi) is 5.75. The number of aromatic nitrogens is 2. The lowest BCUT2D eigenvalue weighted by molar-refractivity contribution is -0.141. The molecule has 7 nitrogen and oxygen atoms in total. The second-order valence-corrected chi connectivity index (χ2v) is 7.11. The van der Waals surface area contributed by atoms with Crippen molar-refractivity contribution in [2.45, 2.75) is 12.2 Å². The normalized spacial score (nSPS) is 17.0. The van der Waals surface area contributed by atoms with Crippen molar-refractivity contribution in [2.75, 3.05) is 26.2 Å². The van der Waals surface area contributed by atoms with Gasteiger partial charge in [0.2, 0.25) is 0 Å². The van der Waals surface area contributed by atoms with Gasteiger partial charge in [0, 0.05) is 31.1 Å². The summed E-state index contributed by atoms with van der Waals surface area (Å²) in [6.45, 7) is 1.49. The molecule has 0 spiro atoms. The largest absolute Gasteiger partial charge is 0.456 e. The van der Waals surface area contributed by atoms with E-state index >= 15 is 0 Å². The van der Waals surface area contributed by atoms with E-state index in [-0.39, 0.29) is 24.3 Å². The van der Waals surface area contributed by atoms with E-state index in [4.69, 9.17) is 4.74 Å². The van der Waals surface area contributed by atoms with Gasteiger partial charge >= 0.3 is 6.18 Å². The third-order valence-corrected chi connectivity index (χ3v) is 4.91. The number of aliphatic hydroxyl groups excluding tert-OH is 1. The highest BCUT2D eigenvalue weighted by Crippen LogP contribution is 2.30. The van der Waals surface area contributed by atoms with E-state index in [1.807, 2.05) is 0 Å². The van der Waals surface area contributed by atoms with E-state index in [9.17, 15) is 23.1 Å². The van der Waals surface area contributed by atoms with Crippen molar-refractivity contribution in [3.8, 4) is 11.5 Å². The molecule has 0 aliphatic carbocycles. The van der Waals surface area contributed by atoms with Crippen LogP contribution in [0.15, 0.2) is 48.7 Å². The van der Waals surface area contributed by atoms with Gasteiger partial charge in [-0.3, -0.25) is 4.79 Å². The third kappa shape index (κ3) is 4.75. The number of fused-ring (bicyclic) bond motifs is 1. The Morgan fingerprint density at radius 3 is 2.71 bits per heavy atom. The van der Waals surface area contributed by atoms with Crippen LogP contribution in [-0.2, 0) is 6.18 Å². The average molecular weight is 432 g/mol. The number of nitrogens with one attached hydrogen (secondary N) is 1. The second-order valence-electron chi connectivity index (χ2n) is 7.11. The van der Waals surface area contributed by atoms with Crippen LogP contribution in [0, 0.1) is 0 Å². The van der Waals surface area contributed by atoms with Crippen LogP contribution in [0.1, 0.15) is 16.2 Å². The lowest BCUT2D eigenvalue weighted by atomic mass is 10.1. The summed E-state index contributed by atoms with van der Waals surface area (Å²) < 4.78 is 43.4. The molecule has 1 fully saturated rings. The zero-order valence-corrected chi connectivity index (χ0v) is 16.3. The first kappa shape index (κ1) is 21.0. The molecule has 4 rings (SSSR count). The number of pyridine rings is 2. The standard InChI is InChI=1S/C21H19F3N4O3/c22-21(23,24)19-6-3-16(10-26-19)31-15-2-5-17-13(9-15)1-4-18(27-17)20(30)28-8-7-25-14(11-28)12-29/h1-6,9-10,14,25,29H,7-8,11-12H2/t14-/m1/s1. The van der Waals surface area contributed by atoms with Crippen LogP contribution >= 0.6 is 0 Å². The molecule has 1 aliphatic heterocycles. The Balaban J connectivity index is 1.50. The first-order valence-corrected chi connectivity index (χ1v) is 9.59. The Bertz CT molecular complexity index is 1090. The summed E-state index contributed by atoms with van der Waals surface area (Å²) in [7, 11) is 0. The van der Waals surface area contributed by atoms with E-state index in [2.05, 4.69) is 15.3 Å². The number of hydrogen-bond donors (Lipinski definition) is 2. The molecule has 3 aromatic rings. The predicted molar refractivity (Wildman–Crippen MR) is 106 cm³/mol. The number of carbonyl (C=O) groups excluding carboxylic acids is 1. The topological polar surface area (TPSA) is 87.6 Å². The first-order chi connectivity index (χ1) is 14.8. The third-order valence-electron chi connectivity index (χ3n) is 4.91. The first-order valence-electron chi connectivity index (χ1n) is 9.59. The van der Waals surface area contributed by atoms with Gasteiger partial charge in [-0.05, 0) is 36.4 Å². The molecule has 10 heteroatoms. The number of halogens is 3. The molecule has 1 aliphatic rings. The molecule has 2 N–H and O–H groups in total. The molecule has 1 saturated heterocycles. The molecule has 0 saturated carbocycles. The summed E-state index contributed by atoms with van der Waals surface area (Å²) in [6.07, 6.45) is -3.49. The van der Waals surface area contributed by atoms with E-state index in [0.29, 0.717) is 42.0 Å². The highest BCUT2D eigenvalue weighted by atomic mass is 19.4. The van der Waals surface area contributed by atoms with E-state index < -0.39 is 11.9 Å². The van der Waals surface area contributed by atoms with Gasteiger partial charge in [-0.2, -0.15) is 13.2 Å². The molecule has 1 aromatic carbocycles. The van der Waals surface area contributed by atoms with Gasteiger partial charge in [0.05, 0.1) is 18.3 Å². The molecular formula is C21H19F3N4O3. The number of piperazine rings is 1. The number of ether oxygens (including phenoxy) is 1. The summed E-state index contributed by atoms with van der Waals surface area (Å²) in [4.78, 5) is 22.2. The Labute approximate surface area is 175 Å². The number of carbonyl (C=O) groups is 1. The maximum atomic E-state index is 12.8. The van der Waals surface area contributed by atoms with Crippen LogP contribution in [0.3, 0.4) is 0 Å². The second kappa shape index (κ2) is 8.48. The van der Waals surface area contributed by atoms with Crippen molar-refractivity contribution in [1.29, 1.82) is 0 Å². The predicted octanol–water partition coefficient (Wildman–Crippen LogP) is 2.85. The zero-order valence-electron chi connectivity index (χ0n) is 16.3. The number of benzene rings is 1. The van der Waals surface area contributed by atoms with Gasteiger partial charge in [0.15, 0.2) is 0 Å².